The van der Waals surface area contributed by atoms with Crippen LogP contribution in [0.2, 0.25) is 0 Å². The molecule has 1 aliphatic heterocycles. The Hall–Kier alpha value is -3.12. The molecule has 0 unspecified atom stereocenters. The molecule has 3 aromatic rings. The van der Waals surface area contributed by atoms with Gasteiger partial charge in [0, 0.05) is 35.6 Å². The molecule has 0 spiro atoms. The van der Waals surface area contributed by atoms with Gasteiger partial charge in [0.25, 0.3) is 0 Å². The Labute approximate surface area is 150 Å². The summed E-state index contributed by atoms with van der Waals surface area (Å²) in [5, 5.41) is 7.43. The fourth-order valence-corrected chi connectivity index (χ4v) is 3.78. The van der Waals surface area contributed by atoms with Crippen LogP contribution in [0.1, 0.15) is 15.9 Å². The molecule has 1 fully saturated rings. The molecule has 1 saturated heterocycles. The normalized spacial score (nSPS) is 15.8. The number of aromatic nitrogens is 2. The first-order valence-electron chi connectivity index (χ1n) is 8.69. The van der Waals surface area contributed by atoms with Gasteiger partial charge in [0.05, 0.1) is 30.0 Å². The quantitative estimate of drug-likeness (QED) is 0.545. The minimum absolute atomic E-state index is 0.0610. The van der Waals surface area contributed by atoms with Gasteiger partial charge in [0.2, 0.25) is 0 Å². The van der Waals surface area contributed by atoms with Crippen molar-refractivity contribution in [3.05, 3.63) is 53.6 Å². The number of nitrogens with two attached hydrogens (primary N) is 1. The minimum Gasteiger partial charge on any atom is -0.398 e. The van der Waals surface area contributed by atoms with Crippen LogP contribution in [-0.4, -0.2) is 42.3 Å². The maximum Gasteiger partial charge on any atom is 0.200 e. The predicted octanol–water partition coefficient (Wildman–Crippen LogP) is 2.71. The Morgan fingerprint density at radius 3 is 2.58 bits per heavy atom. The van der Waals surface area contributed by atoms with Crippen molar-refractivity contribution in [3.63, 3.8) is 0 Å². The molecule has 6 nitrogen and oxygen atoms in total. The maximum atomic E-state index is 12.9. The SMILES string of the molecule is Nc1cccc2c1C(=O)c1c(-c3ccc(N4CCOCC4)cc3)n[nH]c1-2. The summed E-state index contributed by atoms with van der Waals surface area (Å²) in [5.41, 5.74) is 12.0. The summed E-state index contributed by atoms with van der Waals surface area (Å²) in [6, 6.07) is 13.7. The van der Waals surface area contributed by atoms with Crippen molar-refractivity contribution in [1.82, 2.24) is 10.2 Å². The lowest BCUT2D eigenvalue weighted by Crippen LogP contribution is -2.36. The fraction of sp³-hybridized carbons (Fsp3) is 0.200. The van der Waals surface area contributed by atoms with Gasteiger partial charge in [0.15, 0.2) is 5.78 Å². The Kier molecular flexibility index (Phi) is 3.33. The number of benzene rings is 2. The lowest BCUT2D eigenvalue weighted by molar-refractivity contribution is 0.104. The lowest BCUT2D eigenvalue weighted by Gasteiger charge is -2.28. The molecule has 2 aliphatic rings. The first-order chi connectivity index (χ1) is 12.7. The van der Waals surface area contributed by atoms with E-state index in [0.717, 1.165) is 48.8 Å². The van der Waals surface area contributed by atoms with Crippen LogP contribution in [0.4, 0.5) is 11.4 Å². The van der Waals surface area contributed by atoms with E-state index in [2.05, 4.69) is 27.2 Å². The molecular weight excluding hydrogens is 328 g/mol. The van der Waals surface area contributed by atoms with Gasteiger partial charge in [-0.05, 0) is 18.2 Å². The third kappa shape index (κ3) is 2.16. The van der Waals surface area contributed by atoms with Crippen LogP contribution < -0.4 is 10.6 Å². The van der Waals surface area contributed by atoms with Crippen LogP contribution in [0.25, 0.3) is 22.5 Å². The summed E-state index contributed by atoms with van der Waals surface area (Å²) in [7, 11) is 0. The van der Waals surface area contributed by atoms with Crippen molar-refractivity contribution in [1.29, 1.82) is 0 Å². The predicted molar refractivity (Wildman–Crippen MR) is 100 cm³/mol. The highest BCUT2D eigenvalue weighted by Gasteiger charge is 2.34. The summed E-state index contributed by atoms with van der Waals surface area (Å²) in [5.74, 6) is -0.0610. The second kappa shape index (κ2) is 5.71. The van der Waals surface area contributed by atoms with Crippen molar-refractivity contribution in [3.8, 4) is 22.5 Å². The number of morpholine rings is 1. The molecule has 0 atom stereocenters. The number of aromatic amines is 1. The first kappa shape index (κ1) is 15.2. The molecular formula is C20H18N4O2. The Bertz CT molecular complexity index is 1000. The number of carbonyl (C=O) groups excluding carboxylic acids is 1. The highest BCUT2D eigenvalue weighted by Crippen LogP contribution is 2.42. The first-order valence-corrected chi connectivity index (χ1v) is 8.69. The number of nitrogen functional groups attached to an aromatic ring is 1. The molecule has 0 radical (unpaired) electrons. The van der Waals surface area contributed by atoms with Crippen molar-refractivity contribution in [2.75, 3.05) is 36.9 Å². The standard InChI is InChI=1S/C20H18N4O2/c21-15-3-1-2-14-16(15)20(25)17-18(22-23-19(14)17)12-4-6-13(7-5-12)24-8-10-26-11-9-24/h1-7H,8-11,21H2,(H,22,23). The average Bonchev–Trinajstić information content (AvgIpc) is 3.24. The lowest BCUT2D eigenvalue weighted by atomic mass is 10.0. The minimum atomic E-state index is -0.0610. The van der Waals surface area contributed by atoms with E-state index in [1.807, 2.05) is 24.3 Å². The van der Waals surface area contributed by atoms with Gasteiger partial charge in [-0.3, -0.25) is 9.89 Å². The number of nitrogens with zero attached hydrogens (tertiary/aromatic N) is 2. The zero-order valence-electron chi connectivity index (χ0n) is 14.2. The molecule has 0 amide bonds. The molecule has 3 N–H and O–H groups in total. The van der Waals surface area contributed by atoms with Gasteiger partial charge in [-0.25, -0.2) is 0 Å². The van der Waals surface area contributed by atoms with Crippen molar-refractivity contribution < 1.29 is 9.53 Å². The number of carbonyl (C=O) groups is 1. The number of ketones is 1. The van der Waals surface area contributed by atoms with Gasteiger partial charge >= 0.3 is 0 Å². The highest BCUT2D eigenvalue weighted by atomic mass is 16.5. The molecule has 130 valence electrons. The van der Waals surface area contributed by atoms with E-state index in [0.29, 0.717) is 22.5 Å². The number of hydrogen-bond donors (Lipinski definition) is 2. The molecule has 5 rings (SSSR count). The molecule has 1 aliphatic carbocycles. The molecule has 1 aromatic heterocycles. The number of fused-ring (bicyclic) bond motifs is 3. The zero-order valence-corrected chi connectivity index (χ0v) is 14.2. The Balaban J connectivity index is 1.53. The molecule has 0 bridgehead atoms. The third-order valence-corrected chi connectivity index (χ3v) is 5.10. The van der Waals surface area contributed by atoms with Gasteiger partial charge < -0.3 is 15.4 Å². The molecule has 26 heavy (non-hydrogen) atoms. The molecule has 0 saturated carbocycles. The summed E-state index contributed by atoms with van der Waals surface area (Å²) in [4.78, 5) is 15.2. The maximum absolute atomic E-state index is 12.9. The highest BCUT2D eigenvalue weighted by molar-refractivity contribution is 6.26. The smallest absolute Gasteiger partial charge is 0.200 e. The second-order valence-corrected chi connectivity index (χ2v) is 6.57. The largest absolute Gasteiger partial charge is 0.398 e. The second-order valence-electron chi connectivity index (χ2n) is 6.57. The van der Waals surface area contributed by atoms with Gasteiger partial charge in [-0.2, -0.15) is 5.10 Å². The monoisotopic (exact) mass is 346 g/mol. The zero-order chi connectivity index (χ0) is 17.7. The van der Waals surface area contributed by atoms with E-state index < -0.39 is 0 Å². The molecule has 2 aromatic carbocycles. The molecule has 2 heterocycles. The Morgan fingerprint density at radius 2 is 1.81 bits per heavy atom. The topological polar surface area (TPSA) is 84.2 Å². The van der Waals surface area contributed by atoms with Crippen LogP contribution in [0.15, 0.2) is 42.5 Å². The summed E-state index contributed by atoms with van der Waals surface area (Å²) in [6.07, 6.45) is 0. The fourth-order valence-electron chi connectivity index (χ4n) is 3.78. The van der Waals surface area contributed by atoms with Crippen molar-refractivity contribution in [2.45, 2.75) is 0 Å². The van der Waals surface area contributed by atoms with E-state index in [-0.39, 0.29) is 5.78 Å². The van der Waals surface area contributed by atoms with E-state index >= 15 is 0 Å². The van der Waals surface area contributed by atoms with Crippen LogP contribution >= 0.6 is 0 Å². The van der Waals surface area contributed by atoms with E-state index in [9.17, 15) is 4.79 Å². The number of nitrogens with one attached hydrogen (secondary N) is 1. The Morgan fingerprint density at radius 1 is 1.04 bits per heavy atom. The van der Waals surface area contributed by atoms with Gasteiger partial charge in [0.1, 0.15) is 5.69 Å². The number of H-pyrrole nitrogens is 1. The van der Waals surface area contributed by atoms with Crippen molar-refractivity contribution in [2.24, 2.45) is 0 Å². The van der Waals surface area contributed by atoms with E-state index in [1.54, 1.807) is 6.07 Å². The summed E-state index contributed by atoms with van der Waals surface area (Å²) in [6.45, 7) is 3.29. The van der Waals surface area contributed by atoms with Crippen LogP contribution in [0.3, 0.4) is 0 Å². The average molecular weight is 346 g/mol. The van der Waals surface area contributed by atoms with Crippen LogP contribution in [-0.2, 0) is 4.74 Å². The summed E-state index contributed by atoms with van der Waals surface area (Å²) >= 11 is 0. The number of ether oxygens (including phenoxy) is 1. The number of rotatable bonds is 2. The van der Waals surface area contributed by atoms with Gasteiger partial charge in [-0.1, -0.05) is 24.3 Å². The number of hydrogen-bond acceptors (Lipinski definition) is 5. The summed E-state index contributed by atoms with van der Waals surface area (Å²) < 4.78 is 5.40. The van der Waals surface area contributed by atoms with Crippen molar-refractivity contribution >= 4 is 17.2 Å². The third-order valence-electron chi connectivity index (χ3n) is 5.10. The van der Waals surface area contributed by atoms with Gasteiger partial charge in [-0.15, -0.1) is 0 Å². The van der Waals surface area contributed by atoms with E-state index in [4.69, 9.17) is 10.5 Å². The molecule has 6 heteroatoms. The number of anilines is 2. The van der Waals surface area contributed by atoms with Crippen LogP contribution in [0, 0.1) is 0 Å². The van der Waals surface area contributed by atoms with Crippen LogP contribution in [0.5, 0.6) is 0 Å². The van der Waals surface area contributed by atoms with E-state index in [1.165, 1.54) is 0 Å².